The molecule has 0 spiro atoms. The van der Waals surface area contributed by atoms with Gasteiger partial charge in [0.2, 0.25) is 0 Å². The molecule has 0 aliphatic carbocycles. The molecule has 1 amide bonds. The Morgan fingerprint density at radius 3 is 2.25 bits per heavy atom. The molecule has 3 aromatic rings. The van der Waals surface area contributed by atoms with Crippen molar-refractivity contribution in [2.75, 3.05) is 17.3 Å². The maximum atomic E-state index is 12.5. The molecule has 0 saturated heterocycles. The van der Waals surface area contributed by atoms with Crippen LogP contribution in [0.5, 0.6) is 0 Å². The van der Waals surface area contributed by atoms with Gasteiger partial charge in [-0.15, -0.1) is 0 Å². The summed E-state index contributed by atoms with van der Waals surface area (Å²) >= 11 is 0. The minimum absolute atomic E-state index is 0.255. The molecular formula is C19H18N4O. The molecule has 0 radical (unpaired) electrons. The number of hydrogen-bond donors (Lipinski definition) is 1. The molecule has 1 N–H and O–H groups in total. The SMILES string of the molecule is Cc1nc(C(=O)Nc2ccccc2)cc(N(C)c2ccccc2)n1. The van der Waals surface area contributed by atoms with E-state index in [9.17, 15) is 4.79 Å². The zero-order valence-electron chi connectivity index (χ0n) is 13.6. The van der Waals surface area contributed by atoms with Crippen LogP contribution in [0.3, 0.4) is 0 Å². The third-order valence-electron chi connectivity index (χ3n) is 3.58. The van der Waals surface area contributed by atoms with E-state index < -0.39 is 0 Å². The number of nitrogens with zero attached hydrogens (tertiary/aromatic N) is 3. The summed E-state index contributed by atoms with van der Waals surface area (Å²) in [5.74, 6) is 0.967. The Morgan fingerprint density at radius 1 is 0.958 bits per heavy atom. The van der Waals surface area contributed by atoms with Crippen molar-refractivity contribution >= 4 is 23.1 Å². The summed E-state index contributed by atoms with van der Waals surface area (Å²) in [7, 11) is 1.91. The van der Waals surface area contributed by atoms with Gasteiger partial charge in [-0.05, 0) is 31.2 Å². The van der Waals surface area contributed by atoms with Crippen molar-refractivity contribution in [2.45, 2.75) is 6.92 Å². The number of aromatic nitrogens is 2. The number of benzene rings is 2. The standard InChI is InChI=1S/C19H18N4O/c1-14-20-17(19(24)22-15-9-5-3-6-10-15)13-18(21-14)23(2)16-11-7-4-8-12-16/h3-13H,1-2H3,(H,22,24). The van der Waals surface area contributed by atoms with E-state index in [1.54, 1.807) is 13.0 Å². The van der Waals surface area contributed by atoms with Crippen molar-refractivity contribution in [3.63, 3.8) is 0 Å². The van der Waals surface area contributed by atoms with Gasteiger partial charge in [0, 0.05) is 24.5 Å². The predicted molar refractivity (Wildman–Crippen MR) is 95.7 cm³/mol. The van der Waals surface area contributed by atoms with Crippen LogP contribution >= 0.6 is 0 Å². The van der Waals surface area contributed by atoms with Crippen LogP contribution in [0.4, 0.5) is 17.2 Å². The number of nitrogens with one attached hydrogen (secondary N) is 1. The first-order valence-corrected chi connectivity index (χ1v) is 7.64. The lowest BCUT2D eigenvalue weighted by atomic mass is 10.2. The fourth-order valence-corrected chi connectivity index (χ4v) is 2.34. The highest BCUT2D eigenvalue weighted by molar-refractivity contribution is 6.03. The van der Waals surface area contributed by atoms with E-state index in [0.717, 1.165) is 11.4 Å². The molecule has 120 valence electrons. The highest BCUT2D eigenvalue weighted by Crippen LogP contribution is 2.22. The van der Waals surface area contributed by atoms with Crippen LogP contribution in [0, 0.1) is 6.92 Å². The van der Waals surface area contributed by atoms with Crippen LogP contribution < -0.4 is 10.2 Å². The maximum Gasteiger partial charge on any atom is 0.274 e. The monoisotopic (exact) mass is 318 g/mol. The van der Waals surface area contributed by atoms with Gasteiger partial charge < -0.3 is 10.2 Å². The second-order valence-corrected chi connectivity index (χ2v) is 5.37. The molecule has 5 heteroatoms. The number of aryl methyl sites for hydroxylation is 1. The lowest BCUT2D eigenvalue weighted by Crippen LogP contribution is -2.18. The normalized spacial score (nSPS) is 10.2. The van der Waals surface area contributed by atoms with E-state index in [2.05, 4.69) is 15.3 Å². The van der Waals surface area contributed by atoms with Crippen LogP contribution in [-0.4, -0.2) is 22.9 Å². The van der Waals surface area contributed by atoms with Crippen LogP contribution in [0.15, 0.2) is 66.7 Å². The maximum absolute atomic E-state index is 12.5. The highest BCUT2D eigenvalue weighted by atomic mass is 16.1. The average molecular weight is 318 g/mol. The van der Waals surface area contributed by atoms with Gasteiger partial charge >= 0.3 is 0 Å². The van der Waals surface area contributed by atoms with Gasteiger partial charge in [0.1, 0.15) is 17.3 Å². The molecule has 0 aliphatic heterocycles. The molecule has 0 aliphatic rings. The zero-order valence-corrected chi connectivity index (χ0v) is 13.6. The van der Waals surface area contributed by atoms with Crippen molar-refractivity contribution in [3.05, 3.63) is 78.2 Å². The van der Waals surface area contributed by atoms with E-state index in [1.807, 2.05) is 72.6 Å². The molecule has 0 fully saturated rings. The lowest BCUT2D eigenvalue weighted by Gasteiger charge is -2.19. The Balaban J connectivity index is 1.87. The summed E-state index contributed by atoms with van der Waals surface area (Å²) in [5, 5.41) is 2.84. The van der Waals surface area contributed by atoms with Crippen molar-refractivity contribution in [1.82, 2.24) is 9.97 Å². The minimum atomic E-state index is -0.255. The summed E-state index contributed by atoms with van der Waals surface area (Å²) in [5.41, 5.74) is 2.06. The lowest BCUT2D eigenvalue weighted by molar-refractivity contribution is 0.102. The largest absolute Gasteiger partial charge is 0.329 e. The summed E-state index contributed by atoms with van der Waals surface area (Å²) < 4.78 is 0. The fraction of sp³-hybridized carbons (Fsp3) is 0.105. The quantitative estimate of drug-likeness (QED) is 0.795. The smallest absolute Gasteiger partial charge is 0.274 e. The van der Waals surface area contributed by atoms with E-state index in [0.29, 0.717) is 17.3 Å². The Morgan fingerprint density at radius 2 is 1.58 bits per heavy atom. The van der Waals surface area contributed by atoms with Crippen LogP contribution in [0.1, 0.15) is 16.3 Å². The molecule has 0 atom stereocenters. The molecule has 1 aromatic heterocycles. The van der Waals surface area contributed by atoms with Gasteiger partial charge in [-0.2, -0.15) is 0 Å². The highest BCUT2D eigenvalue weighted by Gasteiger charge is 2.13. The van der Waals surface area contributed by atoms with E-state index in [-0.39, 0.29) is 5.91 Å². The molecule has 0 unspecified atom stereocenters. The minimum Gasteiger partial charge on any atom is -0.329 e. The van der Waals surface area contributed by atoms with E-state index >= 15 is 0 Å². The van der Waals surface area contributed by atoms with Crippen molar-refractivity contribution in [1.29, 1.82) is 0 Å². The first-order chi connectivity index (χ1) is 11.6. The van der Waals surface area contributed by atoms with Gasteiger partial charge in [-0.1, -0.05) is 36.4 Å². The fourth-order valence-electron chi connectivity index (χ4n) is 2.34. The van der Waals surface area contributed by atoms with E-state index in [1.165, 1.54) is 0 Å². The first-order valence-electron chi connectivity index (χ1n) is 7.64. The summed E-state index contributed by atoms with van der Waals surface area (Å²) in [4.78, 5) is 23.1. The number of carbonyl (C=O) groups is 1. The van der Waals surface area contributed by atoms with Crippen molar-refractivity contribution < 1.29 is 4.79 Å². The third-order valence-corrected chi connectivity index (χ3v) is 3.58. The van der Waals surface area contributed by atoms with E-state index in [4.69, 9.17) is 0 Å². The number of para-hydroxylation sites is 2. The molecule has 0 bridgehead atoms. The number of amides is 1. The first kappa shape index (κ1) is 15.7. The summed E-state index contributed by atoms with van der Waals surface area (Å²) in [6, 6.07) is 20.9. The number of anilines is 3. The summed E-state index contributed by atoms with van der Waals surface area (Å²) in [6.07, 6.45) is 0. The Bertz CT molecular complexity index is 835. The topological polar surface area (TPSA) is 58.1 Å². The number of hydrogen-bond acceptors (Lipinski definition) is 4. The molecule has 1 heterocycles. The van der Waals surface area contributed by atoms with Gasteiger partial charge in [0.25, 0.3) is 5.91 Å². The van der Waals surface area contributed by atoms with Crippen molar-refractivity contribution in [2.24, 2.45) is 0 Å². The molecular weight excluding hydrogens is 300 g/mol. The van der Waals surface area contributed by atoms with Crippen LogP contribution in [0.2, 0.25) is 0 Å². The molecule has 0 saturated carbocycles. The number of carbonyl (C=O) groups excluding carboxylic acids is 1. The second-order valence-electron chi connectivity index (χ2n) is 5.37. The Labute approximate surface area is 141 Å². The third kappa shape index (κ3) is 3.57. The van der Waals surface area contributed by atoms with Gasteiger partial charge in [-0.3, -0.25) is 4.79 Å². The van der Waals surface area contributed by atoms with Gasteiger partial charge in [0.15, 0.2) is 0 Å². The van der Waals surface area contributed by atoms with Crippen molar-refractivity contribution in [3.8, 4) is 0 Å². The average Bonchev–Trinajstić information content (AvgIpc) is 2.62. The van der Waals surface area contributed by atoms with Crippen LogP contribution in [-0.2, 0) is 0 Å². The van der Waals surface area contributed by atoms with Gasteiger partial charge in [0.05, 0.1) is 0 Å². The second kappa shape index (κ2) is 6.91. The molecule has 24 heavy (non-hydrogen) atoms. The molecule has 3 rings (SSSR count). The Hall–Kier alpha value is -3.21. The summed E-state index contributed by atoms with van der Waals surface area (Å²) in [6.45, 7) is 1.78. The number of rotatable bonds is 4. The zero-order chi connectivity index (χ0) is 16.9. The predicted octanol–water partition coefficient (Wildman–Crippen LogP) is 3.81. The molecule has 5 nitrogen and oxygen atoms in total. The van der Waals surface area contributed by atoms with Gasteiger partial charge in [-0.25, -0.2) is 9.97 Å². The molecule has 2 aromatic carbocycles. The Kier molecular flexibility index (Phi) is 4.52. The van der Waals surface area contributed by atoms with Crippen LogP contribution in [0.25, 0.3) is 0 Å².